The number of amides is 1. The molecule has 0 atom stereocenters. The molecular weight excluding hydrogens is 418 g/mol. The first kappa shape index (κ1) is 21.5. The summed E-state index contributed by atoms with van der Waals surface area (Å²) < 4.78 is 8.54. The molecule has 170 valence electrons. The van der Waals surface area contributed by atoms with Crippen LogP contribution in [0.3, 0.4) is 0 Å². The van der Waals surface area contributed by atoms with E-state index in [2.05, 4.69) is 15.4 Å². The molecule has 0 spiro atoms. The molecule has 0 aromatic carbocycles. The lowest BCUT2D eigenvalue weighted by molar-refractivity contribution is -0.385. The van der Waals surface area contributed by atoms with Gasteiger partial charge < -0.3 is 14.7 Å². The van der Waals surface area contributed by atoms with E-state index in [0.29, 0.717) is 37.3 Å². The van der Waals surface area contributed by atoms with Crippen LogP contribution in [0.1, 0.15) is 45.3 Å². The molecule has 1 fully saturated rings. The van der Waals surface area contributed by atoms with E-state index in [0.717, 1.165) is 0 Å². The van der Waals surface area contributed by atoms with Gasteiger partial charge in [-0.2, -0.15) is 5.10 Å². The van der Waals surface area contributed by atoms with Crippen molar-refractivity contribution in [1.29, 1.82) is 0 Å². The summed E-state index contributed by atoms with van der Waals surface area (Å²) >= 11 is 0. The van der Waals surface area contributed by atoms with Crippen LogP contribution in [0.25, 0.3) is 16.8 Å². The third-order valence-corrected chi connectivity index (χ3v) is 5.47. The van der Waals surface area contributed by atoms with E-state index in [4.69, 9.17) is 4.74 Å². The summed E-state index contributed by atoms with van der Waals surface area (Å²) in [4.78, 5) is 25.1. The number of fused-ring (bicyclic) bond motifs is 1. The molecule has 1 aliphatic rings. The van der Waals surface area contributed by atoms with E-state index in [1.165, 1.54) is 23.0 Å². The first-order chi connectivity index (χ1) is 15.1. The van der Waals surface area contributed by atoms with Crippen LogP contribution in [0.5, 0.6) is 5.75 Å². The van der Waals surface area contributed by atoms with Gasteiger partial charge in [0.15, 0.2) is 0 Å². The van der Waals surface area contributed by atoms with Crippen LogP contribution in [0.4, 0.5) is 10.5 Å². The van der Waals surface area contributed by atoms with Crippen molar-refractivity contribution in [2.24, 2.45) is 0 Å². The second-order valence-corrected chi connectivity index (χ2v) is 8.82. The monoisotopic (exact) mass is 443 g/mol. The molecule has 3 aromatic heterocycles. The fourth-order valence-electron chi connectivity index (χ4n) is 3.95. The molecule has 1 saturated heterocycles. The Labute approximate surface area is 183 Å². The Hall–Kier alpha value is -3.70. The molecule has 1 N–H and O–H groups in total. The van der Waals surface area contributed by atoms with E-state index in [-0.39, 0.29) is 23.2 Å². The summed E-state index contributed by atoms with van der Waals surface area (Å²) in [6.07, 6.45) is 3.87. The average molecular weight is 443 g/mol. The molecule has 0 saturated carbocycles. The first-order valence-corrected chi connectivity index (χ1v) is 10.3. The SMILES string of the molecule is Cc1c(-c2cn3nccc3c(O)c2[N+](=O)[O-])nnn1C1CCN(C(=O)OC(C)(C)C)CC1. The summed E-state index contributed by atoms with van der Waals surface area (Å²) in [6, 6.07) is 1.48. The topological polar surface area (TPSA) is 141 Å². The van der Waals surface area contributed by atoms with Gasteiger partial charge >= 0.3 is 11.8 Å². The van der Waals surface area contributed by atoms with Crippen molar-refractivity contribution in [3.8, 4) is 17.0 Å². The number of nitrogens with zero attached hydrogens (tertiary/aromatic N) is 7. The number of rotatable bonds is 3. The van der Waals surface area contributed by atoms with Crippen molar-refractivity contribution in [3.05, 3.63) is 34.3 Å². The van der Waals surface area contributed by atoms with Crippen LogP contribution in [0, 0.1) is 17.0 Å². The van der Waals surface area contributed by atoms with Gasteiger partial charge in [-0.1, -0.05) is 5.21 Å². The maximum Gasteiger partial charge on any atom is 0.410 e. The molecule has 1 amide bonds. The predicted molar refractivity (Wildman–Crippen MR) is 113 cm³/mol. The number of piperidine rings is 1. The Bertz CT molecular complexity index is 1190. The van der Waals surface area contributed by atoms with Gasteiger partial charge in [0.2, 0.25) is 5.75 Å². The third-order valence-electron chi connectivity index (χ3n) is 5.47. The lowest BCUT2D eigenvalue weighted by Crippen LogP contribution is -2.42. The molecule has 0 aliphatic carbocycles. The van der Waals surface area contributed by atoms with Crippen molar-refractivity contribution in [2.45, 2.75) is 52.2 Å². The molecule has 0 bridgehead atoms. The van der Waals surface area contributed by atoms with E-state index < -0.39 is 22.0 Å². The minimum Gasteiger partial charge on any atom is -0.501 e. The Morgan fingerprint density at radius 2 is 2.00 bits per heavy atom. The van der Waals surface area contributed by atoms with Crippen LogP contribution in [0.2, 0.25) is 0 Å². The van der Waals surface area contributed by atoms with Gasteiger partial charge in [0.25, 0.3) is 0 Å². The minimum absolute atomic E-state index is 0.0176. The number of nitro groups is 1. The minimum atomic E-state index is -0.630. The van der Waals surface area contributed by atoms with Gasteiger partial charge in [0.05, 0.1) is 22.9 Å². The van der Waals surface area contributed by atoms with Crippen molar-refractivity contribution >= 4 is 17.3 Å². The van der Waals surface area contributed by atoms with Gasteiger partial charge in [-0.15, -0.1) is 5.10 Å². The smallest absolute Gasteiger partial charge is 0.410 e. The van der Waals surface area contributed by atoms with E-state index >= 15 is 0 Å². The second-order valence-electron chi connectivity index (χ2n) is 8.82. The number of carbonyl (C=O) groups excluding carboxylic acids is 1. The molecule has 0 radical (unpaired) electrons. The molecule has 4 heterocycles. The number of likely N-dealkylation sites (tertiary alicyclic amines) is 1. The van der Waals surface area contributed by atoms with Gasteiger partial charge in [-0.25, -0.2) is 14.0 Å². The van der Waals surface area contributed by atoms with Crippen LogP contribution < -0.4 is 0 Å². The van der Waals surface area contributed by atoms with Crippen molar-refractivity contribution < 1.29 is 19.6 Å². The Morgan fingerprint density at radius 3 is 2.62 bits per heavy atom. The molecule has 12 heteroatoms. The highest BCUT2D eigenvalue weighted by Gasteiger charge is 2.32. The van der Waals surface area contributed by atoms with E-state index in [1.54, 1.807) is 16.5 Å². The lowest BCUT2D eigenvalue weighted by Gasteiger charge is -2.33. The number of hydrogen-bond donors (Lipinski definition) is 1. The summed E-state index contributed by atoms with van der Waals surface area (Å²) in [5.74, 6) is -0.468. The van der Waals surface area contributed by atoms with E-state index in [1.807, 2.05) is 20.8 Å². The predicted octanol–water partition coefficient (Wildman–Crippen LogP) is 3.09. The summed E-state index contributed by atoms with van der Waals surface area (Å²) in [6.45, 7) is 8.28. The molecular formula is C20H25N7O5. The molecule has 0 unspecified atom stereocenters. The van der Waals surface area contributed by atoms with E-state index in [9.17, 15) is 20.0 Å². The zero-order valence-electron chi connectivity index (χ0n) is 18.3. The highest BCUT2D eigenvalue weighted by Crippen LogP contribution is 2.40. The normalized spacial score (nSPS) is 15.3. The van der Waals surface area contributed by atoms with Crippen LogP contribution in [0.15, 0.2) is 18.5 Å². The highest BCUT2D eigenvalue weighted by molar-refractivity contribution is 5.82. The molecule has 4 rings (SSSR count). The first-order valence-electron chi connectivity index (χ1n) is 10.3. The highest BCUT2D eigenvalue weighted by atomic mass is 16.6. The number of carbonyl (C=O) groups is 1. The van der Waals surface area contributed by atoms with Crippen LogP contribution in [-0.4, -0.2) is 64.3 Å². The molecule has 1 aliphatic heterocycles. The average Bonchev–Trinajstić information content (AvgIpc) is 3.33. The number of hydrogen-bond acceptors (Lipinski definition) is 8. The molecule has 12 nitrogen and oxygen atoms in total. The van der Waals surface area contributed by atoms with Crippen molar-refractivity contribution in [2.75, 3.05) is 13.1 Å². The van der Waals surface area contributed by atoms with Crippen molar-refractivity contribution in [3.63, 3.8) is 0 Å². The summed E-state index contributed by atoms with van der Waals surface area (Å²) in [7, 11) is 0. The second kappa shape index (κ2) is 7.77. The Kier molecular flexibility index (Phi) is 5.23. The number of aromatic hydroxyl groups is 1. The number of ether oxygens (including phenoxy) is 1. The zero-order valence-corrected chi connectivity index (χ0v) is 18.3. The maximum absolute atomic E-state index is 12.3. The Balaban J connectivity index is 1.60. The summed E-state index contributed by atoms with van der Waals surface area (Å²) in [5, 5.41) is 34.7. The van der Waals surface area contributed by atoms with Gasteiger partial charge in [0.1, 0.15) is 22.4 Å². The quantitative estimate of drug-likeness (QED) is 0.481. The standard InChI is InChI=1S/C20H25N7O5/c1-12-16(14-11-25-15(5-8-21-25)18(28)17(14)27(30)31)22-23-26(12)13-6-9-24(10-7-13)19(29)32-20(2,3)4/h5,8,11,13,28H,6-7,9-10H2,1-4H3. The van der Waals surface area contributed by atoms with Gasteiger partial charge in [-0.05, 0) is 46.6 Å². The van der Waals surface area contributed by atoms with Crippen molar-refractivity contribution in [1.82, 2.24) is 29.5 Å². The summed E-state index contributed by atoms with van der Waals surface area (Å²) in [5.41, 5.74) is 0.321. The fraction of sp³-hybridized carbons (Fsp3) is 0.500. The largest absolute Gasteiger partial charge is 0.501 e. The van der Waals surface area contributed by atoms with Crippen LogP contribution in [-0.2, 0) is 4.74 Å². The lowest BCUT2D eigenvalue weighted by atomic mass is 10.0. The van der Waals surface area contributed by atoms with Crippen LogP contribution >= 0.6 is 0 Å². The molecule has 3 aromatic rings. The van der Waals surface area contributed by atoms with Gasteiger partial charge in [0, 0.05) is 19.3 Å². The fourth-order valence-corrected chi connectivity index (χ4v) is 3.95. The Morgan fingerprint density at radius 1 is 1.31 bits per heavy atom. The number of pyridine rings is 1. The van der Waals surface area contributed by atoms with Gasteiger partial charge in [-0.3, -0.25) is 10.1 Å². The molecule has 32 heavy (non-hydrogen) atoms. The zero-order chi connectivity index (χ0) is 23.2. The third kappa shape index (κ3) is 3.83. The number of aromatic nitrogens is 5. The maximum atomic E-state index is 12.3.